The molecule has 0 radical (unpaired) electrons. The molecule has 1 N–H and O–H groups in total. The zero-order chi connectivity index (χ0) is 15.7. The van der Waals surface area contributed by atoms with Gasteiger partial charge in [-0.2, -0.15) is 0 Å². The normalized spacial score (nSPS) is 10.7. The fraction of sp³-hybridized carbons (Fsp3) is 0.600. The zero-order valence-corrected chi connectivity index (χ0v) is 12.9. The van der Waals surface area contributed by atoms with Gasteiger partial charge in [0, 0.05) is 13.2 Å². The van der Waals surface area contributed by atoms with E-state index in [9.17, 15) is 10.1 Å². The molecule has 0 aromatic heterocycles. The monoisotopic (exact) mass is 296 g/mol. The number of ether oxygens (including phenoxy) is 2. The third-order valence-electron chi connectivity index (χ3n) is 2.88. The molecule has 0 aliphatic heterocycles. The Labute approximate surface area is 125 Å². The third kappa shape index (κ3) is 5.99. The maximum atomic E-state index is 11.2. The first kappa shape index (κ1) is 17.2. The summed E-state index contributed by atoms with van der Waals surface area (Å²) in [6.45, 7) is 8.22. The number of hydrogen-bond donors (Lipinski definition) is 1. The lowest BCUT2D eigenvalue weighted by molar-refractivity contribution is -0.384. The van der Waals surface area contributed by atoms with E-state index in [4.69, 9.17) is 9.47 Å². The van der Waals surface area contributed by atoms with Gasteiger partial charge in [-0.1, -0.05) is 19.9 Å². The van der Waals surface area contributed by atoms with Gasteiger partial charge < -0.3 is 14.8 Å². The molecule has 6 heteroatoms. The van der Waals surface area contributed by atoms with Crippen molar-refractivity contribution in [2.45, 2.75) is 27.2 Å². The van der Waals surface area contributed by atoms with Crippen molar-refractivity contribution in [1.82, 2.24) is 0 Å². The lowest BCUT2D eigenvalue weighted by Gasteiger charge is -2.11. The summed E-state index contributed by atoms with van der Waals surface area (Å²) in [6.07, 6.45) is 1.01. The van der Waals surface area contributed by atoms with Crippen molar-refractivity contribution in [2.75, 3.05) is 31.7 Å². The highest BCUT2D eigenvalue weighted by Crippen LogP contribution is 2.34. The van der Waals surface area contributed by atoms with Gasteiger partial charge in [0.15, 0.2) is 5.75 Å². The number of nitrogens with zero attached hydrogens (tertiary/aromatic N) is 1. The molecule has 0 unspecified atom stereocenters. The van der Waals surface area contributed by atoms with Crippen LogP contribution in [0.5, 0.6) is 5.75 Å². The van der Waals surface area contributed by atoms with E-state index in [2.05, 4.69) is 19.2 Å². The molecule has 0 saturated heterocycles. The van der Waals surface area contributed by atoms with Crippen LogP contribution in [0.3, 0.4) is 0 Å². The van der Waals surface area contributed by atoms with Crippen LogP contribution in [-0.4, -0.2) is 31.3 Å². The number of rotatable bonds is 10. The van der Waals surface area contributed by atoms with Crippen LogP contribution in [0.15, 0.2) is 18.2 Å². The average molecular weight is 296 g/mol. The summed E-state index contributed by atoms with van der Waals surface area (Å²) in [5.74, 6) is 0.898. The largest absolute Gasteiger partial charge is 0.487 e. The van der Waals surface area contributed by atoms with Gasteiger partial charge >= 0.3 is 5.69 Å². The lowest BCUT2D eigenvalue weighted by atomic mass is 10.1. The van der Waals surface area contributed by atoms with Crippen molar-refractivity contribution in [3.8, 4) is 5.75 Å². The molecule has 0 bridgehead atoms. The van der Waals surface area contributed by atoms with Crippen LogP contribution in [0.25, 0.3) is 0 Å². The number of nitrogens with one attached hydrogen (secondary N) is 1. The van der Waals surface area contributed by atoms with E-state index in [-0.39, 0.29) is 11.4 Å². The topological polar surface area (TPSA) is 73.6 Å². The highest BCUT2D eigenvalue weighted by atomic mass is 16.6. The molecule has 0 spiro atoms. The van der Waals surface area contributed by atoms with Gasteiger partial charge in [-0.3, -0.25) is 10.1 Å². The molecule has 0 atom stereocenters. The summed E-state index contributed by atoms with van der Waals surface area (Å²) in [6, 6.07) is 5.01. The van der Waals surface area contributed by atoms with E-state index < -0.39 is 4.92 Å². The number of nitro groups is 1. The maximum Gasteiger partial charge on any atom is 0.333 e. The van der Waals surface area contributed by atoms with E-state index in [1.54, 1.807) is 25.1 Å². The zero-order valence-electron chi connectivity index (χ0n) is 12.9. The molecule has 0 amide bonds. The minimum absolute atomic E-state index is 0.0264. The molecule has 0 aliphatic carbocycles. The van der Waals surface area contributed by atoms with Gasteiger partial charge in [0.05, 0.1) is 18.1 Å². The smallest absolute Gasteiger partial charge is 0.333 e. The van der Waals surface area contributed by atoms with E-state index in [1.807, 2.05) is 0 Å². The summed E-state index contributed by atoms with van der Waals surface area (Å²) in [4.78, 5) is 10.8. The Bertz CT molecular complexity index is 449. The molecule has 1 aromatic carbocycles. The summed E-state index contributed by atoms with van der Waals surface area (Å²) in [5.41, 5.74) is 0.430. The second-order valence-corrected chi connectivity index (χ2v) is 5.06. The summed E-state index contributed by atoms with van der Waals surface area (Å²) >= 11 is 0. The van der Waals surface area contributed by atoms with Crippen molar-refractivity contribution in [3.63, 3.8) is 0 Å². The highest BCUT2D eigenvalue weighted by Gasteiger charge is 2.20. The Morgan fingerprint density at radius 2 is 2.10 bits per heavy atom. The SMILES string of the molecule is CCOc1cccc(NCCOCCC(C)C)c1[N+](=O)[O-]. The van der Waals surface area contributed by atoms with Gasteiger partial charge in [0.25, 0.3) is 0 Å². The van der Waals surface area contributed by atoms with Crippen molar-refractivity contribution < 1.29 is 14.4 Å². The number of anilines is 1. The van der Waals surface area contributed by atoms with Gasteiger partial charge in [-0.25, -0.2) is 0 Å². The fourth-order valence-electron chi connectivity index (χ4n) is 1.80. The first-order valence-corrected chi connectivity index (χ1v) is 7.28. The van der Waals surface area contributed by atoms with Crippen molar-refractivity contribution in [3.05, 3.63) is 28.3 Å². The van der Waals surface area contributed by atoms with Crippen LogP contribution in [0.2, 0.25) is 0 Å². The van der Waals surface area contributed by atoms with Gasteiger partial charge in [-0.15, -0.1) is 0 Å². The van der Waals surface area contributed by atoms with Crippen LogP contribution >= 0.6 is 0 Å². The molecule has 118 valence electrons. The number of benzene rings is 1. The second-order valence-electron chi connectivity index (χ2n) is 5.06. The molecular weight excluding hydrogens is 272 g/mol. The van der Waals surface area contributed by atoms with E-state index >= 15 is 0 Å². The Morgan fingerprint density at radius 3 is 2.71 bits per heavy atom. The second kappa shape index (κ2) is 9.18. The molecule has 1 rings (SSSR count). The molecule has 21 heavy (non-hydrogen) atoms. The predicted molar refractivity (Wildman–Crippen MR) is 83.0 cm³/mol. The number of hydrogen-bond acceptors (Lipinski definition) is 5. The lowest BCUT2D eigenvalue weighted by Crippen LogP contribution is -2.12. The fourth-order valence-corrected chi connectivity index (χ4v) is 1.80. The first-order chi connectivity index (χ1) is 10.1. The first-order valence-electron chi connectivity index (χ1n) is 7.28. The molecule has 0 heterocycles. The van der Waals surface area contributed by atoms with Gasteiger partial charge in [-0.05, 0) is 31.4 Å². The molecule has 0 aliphatic rings. The van der Waals surface area contributed by atoms with E-state index in [1.165, 1.54) is 0 Å². The summed E-state index contributed by atoms with van der Waals surface area (Å²) in [5, 5.41) is 14.2. The van der Waals surface area contributed by atoms with Crippen molar-refractivity contribution in [2.24, 2.45) is 5.92 Å². The summed E-state index contributed by atoms with van der Waals surface area (Å²) < 4.78 is 10.8. The Kier molecular flexibility index (Phi) is 7.53. The number of nitro benzene ring substituents is 1. The maximum absolute atomic E-state index is 11.2. The van der Waals surface area contributed by atoms with Crippen molar-refractivity contribution in [1.29, 1.82) is 0 Å². The van der Waals surface area contributed by atoms with Crippen LogP contribution < -0.4 is 10.1 Å². The van der Waals surface area contributed by atoms with Crippen LogP contribution in [0, 0.1) is 16.0 Å². The van der Waals surface area contributed by atoms with Crippen LogP contribution in [0.1, 0.15) is 27.2 Å². The van der Waals surface area contributed by atoms with Gasteiger partial charge in [0.2, 0.25) is 0 Å². The highest BCUT2D eigenvalue weighted by molar-refractivity contribution is 5.68. The predicted octanol–water partition coefficient (Wildman–Crippen LogP) is 3.47. The number of para-hydroxylation sites is 1. The molecule has 1 aromatic rings. The molecule has 0 saturated carbocycles. The Morgan fingerprint density at radius 1 is 1.33 bits per heavy atom. The molecular formula is C15H24N2O4. The van der Waals surface area contributed by atoms with Gasteiger partial charge in [0.1, 0.15) is 5.69 Å². The van der Waals surface area contributed by atoms with E-state index in [0.29, 0.717) is 38.0 Å². The summed E-state index contributed by atoms with van der Waals surface area (Å²) in [7, 11) is 0. The van der Waals surface area contributed by atoms with Crippen LogP contribution in [0.4, 0.5) is 11.4 Å². The minimum atomic E-state index is -0.424. The van der Waals surface area contributed by atoms with Crippen molar-refractivity contribution >= 4 is 11.4 Å². The van der Waals surface area contributed by atoms with Crippen LogP contribution in [-0.2, 0) is 4.74 Å². The Balaban J connectivity index is 2.54. The molecule has 6 nitrogen and oxygen atoms in total. The Hall–Kier alpha value is -1.82. The minimum Gasteiger partial charge on any atom is -0.487 e. The van der Waals surface area contributed by atoms with E-state index in [0.717, 1.165) is 6.42 Å². The third-order valence-corrected chi connectivity index (χ3v) is 2.88. The average Bonchev–Trinajstić information content (AvgIpc) is 2.42. The molecule has 0 fully saturated rings. The standard InChI is InChI=1S/C15H24N2O4/c1-4-21-14-7-5-6-13(15(14)17(18)19)16-9-11-20-10-8-12(2)3/h5-7,12,16H,4,8-11H2,1-3H3. The quantitative estimate of drug-likeness (QED) is 0.406.